The predicted molar refractivity (Wildman–Crippen MR) is 93.2 cm³/mol. The van der Waals surface area contributed by atoms with Crippen LogP contribution in [0.5, 0.6) is 0 Å². The van der Waals surface area contributed by atoms with Crippen LogP contribution >= 0.6 is 0 Å². The van der Waals surface area contributed by atoms with Crippen molar-refractivity contribution in [3.05, 3.63) is 72.3 Å². The van der Waals surface area contributed by atoms with E-state index in [1.54, 1.807) is 12.1 Å². The van der Waals surface area contributed by atoms with Gasteiger partial charge in [0.1, 0.15) is 0 Å². The zero-order chi connectivity index (χ0) is 16.9. The summed E-state index contributed by atoms with van der Waals surface area (Å²) in [6.07, 6.45) is 2.58. The Morgan fingerprint density at radius 2 is 1.39 bits per heavy atom. The second-order valence-corrected chi connectivity index (χ2v) is 6.38. The van der Waals surface area contributed by atoms with Crippen molar-refractivity contribution in [2.24, 2.45) is 0 Å². The van der Waals surface area contributed by atoms with Gasteiger partial charge in [-0.15, -0.1) is 0 Å². The van der Waals surface area contributed by atoms with Crippen LogP contribution in [0.15, 0.2) is 66.7 Å². The molecule has 23 heavy (non-hydrogen) atoms. The Labute approximate surface area is 137 Å². The van der Waals surface area contributed by atoms with Crippen molar-refractivity contribution in [1.82, 2.24) is 5.32 Å². The number of hydrogen-bond acceptors (Lipinski definition) is 2. The van der Waals surface area contributed by atoms with Gasteiger partial charge in [0.2, 0.25) is 5.91 Å². The Kier molecular flexibility index (Phi) is 5.12. The topological polar surface area (TPSA) is 46.2 Å². The molecule has 0 heterocycles. The van der Waals surface area contributed by atoms with E-state index in [0.717, 1.165) is 11.1 Å². The smallest absolute Gasteiger partial charge is 0.244 e. The number of nitrogens with one attached hydrogen (secondary N) is 1. The fraction of sp³-hybridized carbons (Fsp3) is 0.200. The lowest BCUT2D eigenvalue weighted by Gasteiger charge is -2.18. The molecule has 3 nitrogen and oxygen atoms in total. The Balaban J connectivity index is 2.05. The summed E-state index contributed by atoms with van der Waals surface area (Å²) in [5.74, 6) is -0.458. The van der Waals surface area contributed by atoms with Crippen molar-refractivity contribution in [2.75, 3.05) is 0 Å². The van der Waals surface area contributed by atoms with Crippen molar-refractivity contribution in [2.45, 2.75) is 26.3 Å². The quantitative estimate of drug-likeness (QED) is 0.685. The second kappa shape index (κ2) is 7.05. The standard InChI is InChI=1S/C20H21NO2/c1-20(2,3)21-19(23)14-13-18(22)17-11-9-16(10-12-17)15-7-5-4-6-8-15/h4-14H,1-3H3,(H,21,23). The molecule has 0 aliphatic rings. The Morgan fingerprint density at radius 3 is 1.96 bits per heavy atom. The lowest BCUT2D eigenvalue weighted by atomic mass is 10.0. The van der Waals surface area contributed by atoms with Gasteiger partial charge in [-0.3, -0.25) is 9.59 Å². The molecule has 1 N–H and O–H groups in total. The average Bonchev–Trinajstić information content (AvgIpc) is 2.52. The van der Waals surface area contributed by atoms with Crippen LogP contribution in [0.4, 0.5) is 0 Å². The van der Waals surface area contributed by atoms with Crippen molar-refractivity contribution < 1.29 is 9.59 Å². The van der Waals surface area contributed by atoms with Crippen molar-refractivity contribution in [3.63, 3.8) is 0 Å². The first-order valence-corrected chi connectivity index (χ1v) is 7.55. The van der Waals surface area contributed by atoms with Crippen molar-refractivity contribution in [1.29, 1.82) is 0 Å². The number of amides is 1. The number of benzene rings is 2. The molecular formula is C20H21NO2. The van der Waals surface area contributed by atoms with Crippen LogP contribution in [0, 0.1) is 0 Å². The summed E-state index contributed by atoms with van der Waals surface area (Å²) in [7, 11) is 0. The predicted octanol–water partition coefficient (Wildman–Crippen LogP) is 4.01. The molecule has 0 aliphatic carbocycles. The molecule has 0 bridgehead atoms. The van der Waals surface area contributed by atoms with E-state index in [1.165, 1.54) is 12.2 Å². The molecule has 0 saturated heterocycles. The third-order valence-corrected chi connectivity index (χ3v) is 3.16. The second-order valence-electron chi connectivity index (χ2n) is 6.38. The molecule has 3 heteroatoms. The van der Waals surface area contributed by atoms with Crippen LogP contribution in [-0.2, 0) is 4.79 Å². The largest absolute Gasteiger partial charge is 0.348 e. The molecule has 1 amide bonds. The molecule has 2 aromatic rings. The molecule has 2 aromatic carbocycles. The molecule has 0 unspecified atom stereocenters. The zero-order valence-electron chi connectivity index (χ0n) is 13.7. The summed E-state index contributed by atoms with van der Waals surface area (Å²) in [6.45, 7) is 5.68. The Morgan fingerprint density at radius 1 is 0.826 bits per heavy atom. The zero-order valence-corrected chi connectivity index (χ0v) is 13.7. The van der Waals surface area contributed by atoms with Crippen LogP contribution in [0.2, 0.25) is 0 Å². The normalized spacial score (nSPS) is 11.4. The van der Waals surface area contributed by atoms with Gasteiger partial charge in [-0.25, -0.2) is 0 Å². The molecule has 118 valence electrons. The summed E-state index contributed by atoms with van der Waals surface area (Å²) in [6, 6.07) is 17.3. The number of hydrogen-bond donors (Lipinski definition) is 1. The van der Waals surface area contributed by atoms with E-state index in [4.69, 9.17) is 0 Å². The minimum Gasteiger partial charge on any atom is -0.348 e. The number of ketones is 1. The highest BCUT2D eigenvalue weighted by atomic mass is 16.1. The SMILES string of the molecule is CC(C)(C)NC(=O)C=CC(=O)c1ccc(-c2ccccc2)cc1. The first-order chi connectivity index (χ1) is 10.8. The maximum atomic E-state index is 12.1. The summed E-state index contributed by atoms with van der Waals surface area (Å²) < 4.78 is 0. The summed E-state index contributed by atoms with van der Waals surface area (Å²) in [4.78, 5) is 23.8. The fourth-order valence-corrected chi connectivity index (χ4v) is 2.12. The average molecular weight is 307 g/mol. The molecule has 0 atom stereocenters. The third-order valence-electron chi connectivity index (χ3n) is 3.16. The molecule has 2 rings (SSSR count). The fourth-order valence-electron chi connectivity index (χ4n) is 2.12. The van der Waals surface area contributed by atoms with E-state index >= 15 is 0 Å². The summed E-state index contributed by atoms with van der Waals surface area (Å²) in [5.41, 5.74) is 2.40. The Hall–Kier alpha value is -2.68. The number of allylic oxidation sites excluding steroid dienone is 1. The molecular weight excluding hydrogens is 286 g/mol. The monoisotopic (exact) mass is 307 g/mol. The minimum absolute atomic E-state index is 0.186. The van der Waals surface area contributed by atoms with Crippen LogP contribution in [0.1, 0.15) is 31.1 Å². The molecule has 0 aliphatic heterocycles. The van der Waals surface area contributed by atoms with E-state index < -0.39 is 0 Å². The van der Waals surface area contributed by atoms with Crippen molar-refractivity contribution >= 4 is 11.7 Å². The summed E-state index contributed by atoms with van der Waals surface area (Å²) >= 11 is 0. The van der Waals surface area contributed by atoms with E-state index in [1.807, 2.05) is 63.2 Å². The number of carbonyl (C=O) groups is 2. The van der Waals surface area contributed by atoms with Crippen LogP contribution in [0.3, 0.4) is 0 Å². The molecule has 0 aromatic heterocycles. The van der Waals surface area contributed by atoms with Gasteiger partial charge >= 0.3 is 0 Å². The van der Waals surface area contributed by atoms with Crippen LogP contribution < -0.4 is 5.32 Å². The highest BCUT2D eigenvalue weighted by molar-refractivity contribution is 6.07. The van der Waals surface area contributed by atoms with E-state index in [9.17, 15) is 9.59 Å². The van der Waals surface area contributed by atoms with E-state index in [-0.39, 0.29) is 17.2 Å². The molecule has 0 fully saturated rings. The lowest BCUT2D eigenvalue weighted by Crippen LogP contribution is -2.39. The van der Waals surface area contributed by atoms with Gasteiger partial charge in [0.15, 0.2) is 5.78 Å². The van der Waals surface area contributed by atoms with Gasteiger partial charge in [0.05, 0.1) is 0 Å². The molecule has 0 radical (unpaired) electrons. The highest BCUT2D eigenvalue weighted by Crippen LogP contribution is 2.19. The van der Waals surface area contributed by atoms with E-state index in [2.05, 4.69) is 5.32 Å². The Bertz CT molecular complexity index is 708. The number of carbonyl (C=O) groups excluding carboxylic acids is 2. The first kappa shape index (κ1) is 16.7. The maximum Gasteiger partial charge on any atom is 0.244 e. The number of rotatable bonds is 4. The van der Waals surface area contributed by atoms with Crippen LogP contribution in [-0.4, -0.2) is 17.2 Å². The molecule has 0 spiro atoms. The third kappa shape index (κ3) is 5.22. The van der Waals surface area contributed by atoms with Gasteiger partial charge in [-0.2, -0.15) is 0 Å². The summed E-state index contributed by atoms with van der Waals surface area (Å²) in [5, 5.41) is 2.78. The highest BCUT2D eigenvalue weighted by Gasteiger charge is 2.11. The van der Waals surface area contributed by atoms with E-state index in [0.29, 0.717) is 5.56 Å². The lowest BCUT2D eigenvalue weighted by molar-refractivity contribution is -0.117. The van der Waals surface area contributed by atoms with Crippen molar-refractivity contribution in [3.8, 4) is 11.1 Å². The molecule has 0 saturated carbocycles. The van der Waals surface area contributed by atoms with Gasteiger partial charge < -0.3 is 5.32 Å². The maximum absolute atomic E-state index is 12.1. The van der Waals surface area contributed by atoms with Gasteiger partial charge in [0, 0.05) is 17.2 Å². The minimum atomic E-state index is -0.318. The first-order valence-electron chi connectivity index (χ1n) is 7.55. The van der Waals surface area contributed by atoms with Gasteiger partial charge in [-0.1, -0.05) is 54.6 Å². The van der Waals surface area contributed by atoms with Crippen LogP contribution in [0.25, 0.3) is 11.1 Å². The van der Waals surface area contributed by atoms with Gasteiger partial charge in [-0.05, 0) is 38.0 Å². The van der Waals surface area contributed by atoms with Gasteiger partial charge in [0.25, 0.3) is 0 Å².